The summed E-state index contributed by atoms with van der Waals surface area (Å²) in [5.41, 5.74) is 14.0. The zero-order valence-corrected chi connectivity index (χ0v) is 63.4. The normalized spacial score (nSPS) is 12.8. The third kappa shape index (κ3) is 22.5. The second-order valence-corrected chi connectivity index (χ2v) is 30.8. The van der Waals surface area contributed by atoms with Gasteiger partial charge in [0.25, 0.3) is 5.91 Å². The fourth-order valence-corrected chi connectivity index (χ4v) is 14.5. The number of amides is 1. The summed E-state index contributed by atoms with van der Waals surface area (Å²) in [6, 6.07) is 37.1. The number of carboxylic acids is 1. The van der Waals surface area contributed by atoms with Gasteiger partial charge in [-0.25, -0.2) is 31.2 Å². The highest BCUT2D eigenvalue weighted by Crippen LogP contribution is 2.34. The van der Waals surface area contributed by atoms with Crippen molar-refractivity contribution in [2.24, 2.45) is 5.73 Å². The molecular formula is C74H72Cl6N8O16S2. The van der Waals surface area contributed by atoms with Crippen molar-refractivity contribution < 1.29 is 75.4 Å². The number of esters is 3. The molecular weight excluding hydrogens is 1530 g/mol. The second-order valence-electron chi connectivity index (χ2n) is 24.3. The van der Waals surface area contributed by atoms with E-state index in [1.165, 1.54) is 45.6 Å². The van der Waals surface area contributed by atoms with Crippen LogP contribution in [0.1, 0.15) is 113 Å². The maximum atomic E-state index is 13.1. The molecule has 106 heavy (non-hydrogen) atoms. The summed E-state index contributed by atoms with van der Waals surface area (Å²) < 4.78 is 60.5. The van der Waals surface area contributed by atoms with E-state index in [2.05, 4.69) is 45.4 Å². The number of fused-ring (bicyclic) bond motifs is 3. The van der Waals surface area contributed by atoms with E-state index in [0.717, 1.165) is 78.6 Å². The van der Waals surface area contributed by atoms with Gasteiger partial charge in [-0.2, -0.15) is 15.3 Å². The van der Waals surface area contributed by atoms with Crippen LogP contribution in [0.25, 0.3) is 32.7 Å². The molecule has 3 unspecified atom stereocenters. The van der Waals surface area contributed by atoms with Crippen LogP contribution in [0.3, 0.4) is 0 Å². The minimum atomic E-state index is -3.46. The SMILES string of the molecule is COC(=O)[C@@H](N)Cc1cccc(S(C)(=O)=O)c1.COC(=O)[C@H](Cc1cccc(S(C)(=O)=O)c1)NC(=O)c1c(Cl)cc(CCC(O)c2ccc3cn[nH]c3c2)cc1Cl.COC(=O)c1c(Cl)cc(CCC(O)c2ccc3cn[nH]c3c2)cc1Cl.O=C(O)c1c(Cl)cc(CCC(O)c2ccc3cn[nH]c3c2)cc1Cl. The highest BCUT2D eigenvalue weighted by molar-refractivity contribution is 7.91. The van der Waals surface area contributed by atoms with Gasteiger partial charge in [-0.1, -0.05) is 130 Å². The average molecular weight is 1610 g/mol. The second kappa shape index (κ2) is 37.5. The van der Waals surface area contributed by atoms with Crippen LogP contribution in [0.15, 0.2) is 168 Å². The van der Waals surface area contributed by atoms with E-state index in [0.29, 0.717) is 49.7 Å². The lowest BCUT2D eigenvalue weighted by molar-refractivity contribution is -0.143. The van der Waals surface area contributed by atoms with Gasteiger partial charge in [0.1, 0.15) is 12.1 Å². The van der Waals surface area contributed by atoms with Crippen LogP contribution in [0, 0.1) is 0 Å². The average Bonchev–Trinajstić information content (AvgIpc) is 1.45. The van der Waals surface area contributed by atoms with Gasteiger partial charge in [0, 0.05) is 35.1 Å². The number of nitrogens with one attached hydrogen (secondary N) is 4. The Kier molecular flexibility index (Phi) is 29.2. The monoisotopic (exact) mass is 1600 g/mol. The molecule has 24 nitrogen and oxygen atoms in total. The van der Waals surface area contributed by atoms with Crippen LogP contribution in [0.2, 0.25) is 30.1 Å². The molecule has 0 bridgehead atoms. The van der Waals surface area contributed by atoms with Crippen LogP contribution in [0.5, 0.6) is 0 Å². The van der Waals surface area contributed by atoms with Gasteiger partial charge >= 0.3 is 23.9 Å². The van der Waals surface area contributed by atoms with Crippen LogP contribution >= 0.6 is 69.6 Å². The van der Waals surface area contributed by atoms with Crippen LogP contribution < -0.4 is 11.1 Å². The number of carbonyl (C=O) groups is 5. The Morgan fingerprint density at radius 3 is 1.15 bits per heavy atom. The number of benzene rings is 8. The summed E-state index contributed by atoms with van der Waals surface area (Å²) in [6.07, 6.45) is 8.41. The molecule has 3 heterocycles. The molecule has 0 radical (unpaired) electrons. The van der Waals surface area contributed by atoms with Crippen molar-refractivity contribution in [3.8, 4) is 0 Å². The number of carbonyl (C=O) groups excluding carboxylic acids is 4. The van der Waals surface area contributed by atoms with Crippen molar-refractivity contribution >= 4 is 152 Å². The van der Waals surface area contributed by atoms with Gasteiger partial charge in [-0.3, -0.25) is 24.9 Å². The standard InChI is InChI=1S/C28H27Cl2N3O6S.C18H16Cl2N2O3.C17H14Cl2N2O3.C11H15NO4S/c1-39-28(36)24(13-16-4-3-5-20(10-16)40(2,37)38)32-27(35)26-21(29)11-17(12-22(26)30)6-9-25(34)18-7-8-19-15-31-33-23(19)14-18;1-25-18(24)17-13(19)6-10(7-14(17)20)2-5-16(23)11-3-4-12-9-21-22-15(12)8-11;18-12-5-9(6-13(19)16(12)17(23)24)1-4-15(22)10-2-3-11-8-20-21-14(11)7-10;1-16-11(13)10(12)7-8-4-3-5-9(6-8)17(2,14)15/h3-5,7-8,10-12,14-15,24-25,34H,6,9,13H2,1-2H3,(H,31,33)(H,32,35);3-4,6-9,16,23H,2,5H2,1H3,(H,21,22);2-3,5-8,15,22H,1,4H2,(H,20,21)(H,23,24);3-6,10H,7,12H2,1-2H3/t24-,25?;;;10-/m0..0/s1. The minimum absolute atomic E-state index is 0.0165. The van der Waals surface area contributed by atoms with E-state index in [4.69, 9.17) is 85.2 Å². The highest BCUT2D eigenvalue weighted by Gasteiger charge is 2.27. The predicted molar refractivity (Wildman–Crippen MR) is 406 cm³/mol. The number of hydrogen-bond donors (Lipinski definition) is 9. The first-order chi connectivity index (χ1) is 50.2. The number of nitrogens with two attached hydrogens (primary N) is 1. The lowest BCUT2D eigenvalue weighted by Crippen LogP contribution is -2.43. The molecule has 0 aliphatic carbocycles. The van der Waals surface area contributed by atoms with Crippen molar-refractivity contribution in [2.75, 3.05) is 33.8 Å². The Bertz CT molecular complexity index is 5180. The lowest BCUT2D eigenvalue weighted by atomic mass is 9.99. The van der Waals surface area contributed by atoms with Crippen molar-refractivity contribution in [2.45, 2.75) is 91.6 Å². The third-order valence-corrected chi connectivity index (χ3v) is 20.7. The first-order valence-electron chi connectivity index (χ1n) is 32.1. The molecule has 11 rings (SSSR count). The summed E-state index contributed by atoms with van der Waals surface area (Å²) >= 11 is 37.1. The molecule has 32 heteroatoms. The molecule has 0 fully saturated rings. The van der Waals surface area contributed by atoms with Crippen molar-refractivity contribution in [1.82, 2.24) is 35.9 Å². The number of ether oxygens (including phenoxy) is 3. The first-order valence-corrected chi connectivity index (χ1v) is 38.2. The number of halogens is 6. The topological polar surface area (TPSA) is 386 Å². The fourth-order valence-electron chi connectivity index (χ4n) is 11.0. The number of aliphatic hydroxyl groups is 3. The lowest BCUT2D eigenvalue weighted by Gasteiger charge is -2.18. The van der Waals surface area contributed by atoms with E-state index in [1.807, 2.05) is 54.6 Å². The smallest absolute Gasteiger partial charge is 0.340 e. The number of aryl methyl sites for hydroxylation is 3. The molecule has 0 saturated heterocycles. The number of aromatic amines is 3. The predicted octanol–water partition coefficient (Wildman–Crippen LogP) is 13.1. The summed E-state index contributed by atoms with van der Waals surface area (Å²) in [5.74, 6) is -3.66. The molecule has 558 valence electrons. The van der Waals surface area contributed by atoms with Gasteiger partial charge in [-0.15, -0.1) is 0 Å². The molecule has 0 aliphatic rings. The Labute approximate surface area is 639 Å². The number of rotatable bonds is 24. The van der Waals surface area contributed by atoms with E-state index in [1.54, 1.807) is 79.3 Å². The van der Waals surface area contributed by atoms with Gasteiger partial charge < -0.3 is 45.7 Å². The van der Waals surface area contributed by atoms with Gasteiger partial charge in [0.2, 0.25) is 0 Å². The summed E-state index contributed by atoms with van der Waals surface area (Å²) in [4.78, 5) is 59.8. The molecule has 11 aromatic rings. The summed E-state index contributed by atoms with van der Waals surface area (Å²) in [5, 5.41) is 67.4. The van der Waals surface area contributed by atoms with Crippen LogP contribution in [0.4, 0.5) is 0 Å². The largest absolute Gasteiger partial charge is 0.478 e. The van der Waals surface area contributed by atoms with Crippen LogP contribution in [-0.4, -0.2) is 144 Å². The molecule has 10 N–H and O–H groups in total. The quantitative estimate of drug-likeness (QED) is 0.0200. The Hall–Kier alpha value is -9.00. The van der Waals surface area contributed by atoms with E-state index in [-0.39, 0.29) is 69.5 Å². The summed E-state index contributed by atoms with van der Waals surface area (Å²) in [6.45, 7) is 0. The number of methoxy groups -OCH3 is 3. The number of aliphatic hydroxyl groups excluding tert-OH is 3. The first kappa shape index (κ1) is 82.7. The number of hydrogen-bond acceptors (Lipinski definition) is 19. The minimum Gasteiger partial charge on any atom is -0.478 e. The maximum absolute atomic E-state index is 13.1. The number of sulfone groups is 2. The Morgan fingerprint density at radius 2 is 0.811 bits per heavy atom. The van der Waals surface area contributed by atoms with E-state index < -0.39 is 79.9 Å². The number of aromatic nitrogens is 6. The van der Waals surface area contributed by atoms with Crippen molar-refractivity contribution in [3.63, 3.8) is 0 Å². The third-order valence-electron chi connectivity index (χ3n) is 16.7. The number of aromatic carboxylic acids is 1. The molecule has 0 saturated carbocycles. The Balaban J connectivity index is 0.000000187. The fraction of sp³-hybridized carbons (Fsp3) is 0.243. The van der Waals surface area contributed by atoms with Gasteiger partial charge in [-0.05, 0) is 168 Å². The van der Waals surface area contributed by atoms with E-state index >= 15 is 0 Å². The molecule has 0 aliphatic heterocycles. The van der Waals surface area contributed by atoms with Gasteiger partial charge in [0.15, 0.2) is 19.7 Å². The zero-order chi connectivity index (χ0) is 77.3. The van der Waals surface area contributed by atoms with Crippen molar-refractivity contribution in [1.29, 1.82) is 0 Å². The highest BCUT2D eigenvalue weighted by atomic mass is 35.5. The maximum Gasteiger partial charge on any atom is 0.340 e. The van der Waals surface area contributed by atoms with Crippen molar-refractivity contribution in [3.05, 3.63) is 249 Å². The molecule has 0 spiro atoms. The number of H-pyrrole nitrogens is 3. The Morgan fingerprint density at radius 1 is 0.462 bits per heavy atom. The van der Waals surface area contributed by atoms with Crippen LogP contribution in [-0.2, 0) is 75.6 Å². The number of carboxylic acid groups (broad SMARTS) is 1. The molecule has 1 amide bonds. The molecule has 5 atom stereocenters. The van der Waals surface area contributed by atoms with Gasteiger partial charge in [0.05, 0.1) is 131 Å². The van der Waals surface area contributed by atoms with E-state index in [9.17, 15) is 56.1 Å². The molecule has 8 aromatic carbocycles. The number of nitrogens with zero attached hydrogens (tertiary/aromatic N) is 3. The zero-order valence-electron chi connectivity index (χ0n) is 57.2. The summed E-state index contributed by atoms with van der Waals surface area (Å²) in [7, 11) is -2.99. The molecule has 3 aromatic heterocycles.